The van der Waals surface area contributed by atoms with E-state index in [4.69, 9.17) is 4.42 Å². The average molecular weight is 1000 g/mol. The van der Waals surface area contributed by atoms with Gasteiger partial charge >= 0.3 is 0 Å². The minimum Gasteiger partial charge on any atom is -0.456 e. The third-order valence-electron chi connectivity index (χ3n) is 16.3. The van der Waals surface area contributed by atoms with Crippen LogP contribution < -0.4 is 26.2 Å². The van der Waals surface area contributed by atoms with Crippen LogP contribution in [0.1, 0.15) is 52.7 Å². The lowest BCUT2D eigenvalue weighted by Gasteiger charge is -2.45. The molecule has 12 aromatic rings. The fraction of sp³-hybridized carbons (Fsp3) is 0.108. The minimum absolute atomic E-state index is 0.0818. The zero-order chi connectivity index (χ0) is 52.9. The first-order valence-corrected chi connectivity index (χ1v) is 27.4. The second-order valence-electron chi connectivity index (χ2n) is 23.4. The molecule has 0 bridgehead atoms. The summed E-state index contributed by atoms with van der Waals surface area (Å²) in [5, 5.41) is 2.22. The van der Waals surface area contributed by atoms with E-state index in [0.29, 0.717) is 0 Å². The van der Waals surface area contributed by atoms with Gasteiger partial charge < -0.3 is 14.2 Å². The summed E-state index contributed by atoms with van der Waals surface area (Å²) in [6, 6.07) is 92.7. The van der Waals surface area contributed by atoms with Crippen molar-refractivity contribution in [2.75, 3.05) is 9.80 Å². The Balaban J connectivity index is 1.13. The Bertz CT molecular complexity index is 3950. The number of benzene rings is 11. The van der Waals surface area contributed by atoms with Crippen LogP contribution in [0.3, 0.4) is 0 Å². The van der Waals surface area contributed by atoms with Crippen molar-refractivity contribution in [3.8, 4) is 55.6 Å². The maximum absolute atomic E-state index is 6.48. The highest BCUT2D eigenvalue weighted by atomic mass is 16.3. The van der Waals surface area contributed by atoms with Crippen LogP contribution in [0.4, 0.5) is 34.1 Å². The van der Waals surface area contributed by atoms with Crippen molar-refractivity contribution in [3.63, 3.8) is 0 Å². The Hall–Kier alpha value is -9.12. The van der Waals surface area contributed by atoms with E-state index in [0.717, 1.165) is 78.1 Å². The third-order valence-corrected chi connectivity index (χ3v) is 16.3. The predicted octanol–water partition coefficient (Wildman–Crippen LogP) is 18.6. The number of nitrogens with zero attached hydrogens (tertiary/aromatic N) is 2. The molecule has 0 unspecified atom stereocenters. The zero-order valence-corrected chi connectivity index (χ0v) is 45.1. The molecule has 1 aromatic heterocycles. The highest BCUT2D eigenvalue weighted by molar-refractivity contribution is 7.00. The SMILES string of the molecule is CC(C)(C)c1ccc2c(c1)N(c1cc(-c3ccccc3)cc(-c3ccccc3)c1)c1cc(-c3ccc4oc5ccccc5c4c3)cc3c1B2c1ccc(C(C)(C)C)cc1N3c1cc(-c2ccccc2)cc(-c2ccccc2)c1. The van der Waals surface area contributed by atoms with Crippen LogP contribution in [0.15, 0.2) is 253 Å². The lowest BCUT2D eigenvalue weighted by molar-refractivity contribution is 0.590. The topological polar surface area (TPSA) is 19.6 Å². The van der Waals surface area contributed by atoms with Crippen LogP contribution in [0.25, 0.3) is 77.6 Å². The van der Waals surface area contributed by atoms with Crippen LogP contribution >= 0.6 is 0 Å². The van der Waals surface area contributed by atoms with E-state index in [1.807, 2.05) is 0 Å². The second-order valence-corrected chi connectivity index (χ2v) is 23.4. The number of hydrogen-bond acceptors (Lipinski definition) is 3. The Labute approximate surface area is 458 Å². The molecule has 0 radical (unpaired) electrons. The summed E-state index contributed by atoms with van der Waals surface area (Å²) in [5.41, 5.74) is 26.5. The van der Waals surface area contributed by atoms with Crippen molar-refractivity contribution in [3.05, 3.63) is 260 Å². The molecule has 374 valence electrons. The molecule has 11 aromatic carbocycles. The van der Waals surface area contributed by atoms with Crippen molar-refractivity contribution in [1.82, 2.24) is 0 Å². The molecule has 0 fully saturated rings. The van der Waals surface area contributed by atoms with Crippen LogP contribution in [0.5, 0.6) is 0 Å². The number of furan rings is 1. The molecular weight excluding hydrogens is 944 g/mol. The van der Waals surface area contributed by atoms with Crippen molar-refractivity contribution in [1.29, 1.82) is 0 Å². The fourth-order valence-electron chi connectivity index (χ4n) is 12.2. The lowest BCUT2D eigenvalue weighted by Crippen LogP contribution is -2.61. The molecule has 0 aliphatic carbocycles. The molecule has 3 nitrogen and oxygen atoms in total. The molecule has 0 spiro atoms. The first-order valence-electron chi connectivity index (χ1n) is 27.4. The van der Waals surface area contributed by atoms with Gasteiger partial charge in [0.2, 0.25) is 0 Å². The number of para-hydroxylation sites is 1. The Morgan fingerprint density at radius 1 is 0.295 bits per heavy atom. The van der Waals surface area contributed by atoms with Gasteiger partial charge in [-0.2, -0.15) is 0 Å². The molecule has 3 heterocycles. The fourth-order valence-corrected chi connectivity index (χ4v) is 12.2. The molecule has 0 atom stereocenters. The standard InChI is InChI=1S/C74H59BN2O/c1-73(2,3)58-32-34-64-66(46-58)76(60-39-53(48-21-11-7-12-22-48)37-54(40-60)49-23-13-8-14-24-49)68-44-57(52-31-36-71-63(43-52)62-29-19-20-30-70(62)78-71)45-69-72(68)75(64)65-35-33-59(74(4,5)6)47-67(65)77(69)61-41-55(50-25-15-9-16-26-50)38-56(42-61)51-27-17-10-18-28-51/h7-47H,1-6H3. The van der Waals surface area contributed by atoms with Crippen LogP contribution in [0.2, 0.25) is 0 Å². The summed E-state index contributed by atoms with van der Waals surface area (Å²) in [7, 11) is 0. The molecule has 0 amide bonds. The first-order chi connectivity index (χ1) is 37.9. The van der Waals surface area contributed by atoms with E-state index < -0.39 is 0 Å². The smallest absolute Gasteiger partial charge is 0.252 e. The molecule has 14 rings (SSSR count). The van der Waals surface area contributed by atoms with Gasteiger partial charge in [0.15, 0.2) is 0 Å². The number of rotatable bonds is 7. The minimum atomic E-state index is -0.110. The number of hydrogen-bond donors (Lipinski definition) is 0. The summed E-state index contributed by atoms with van der Waals surface area (Å²) in [4.78, 5) is 5.22. The highest BCUT2D eigenvalue weighted by Gasteiger charge is 2.45. The van der Waals surface area contributed by atoms with Crippen molar-refractivity contribution in [2.45, 2.75) is 52.4 Å². The van der Waals surface area contributed by atoms with Gasteiger partial charge in [0.25, 0.3) is 6.71 Å². The summed E-state index contributed by atoms with van der Waals surface area (Å²) in [6.45, 7) is 13.9. The van der Waals surface area contributed by atoms with Crippen molar-refractivity contribution in [2.24, 2.45) is 0 Å². The van der Waals surface area contributed by atoms with Gasteiger partial charge in [0.05, 0.1) is 0 Å². The van der Waals surface area contributed by atoms with Crippen LogP contribution in [-0.2, 0) is 10.8 Å². The average Bonchev–Trinajstić information content (AvgIpc) is 3.79. The van der Waals surface area contributed by atoms with Crippen LogP contribution in [0, 0.1) is 0 Å². The zero-order valence-electron chi connectivity index (χ0n) is 45.1. The first kappa shape index (κ1) is 47.3. The molecule has 2 aliphatic heterocycles. The highest BCUT2D eigenvalue weighted by Crippen LogP contribution is 2.50. The van der Waals surface area contributed by atoms with Gasteiger partial charge in [-0.1, -0.05) is 211 Å². The van der Waals surface area contributed by atoms with E-state index in [1.54, 1.807) is 0 Å². The third kappa shape index (κ3) is 8.14. The molecule has 0 saturated heterocycles. The van der Waals surface area contributed by atoms with E-state index >= 15 is 0 Å². The van der Waals surface area contributed by atoms with E-state index in [1.165, 1.54) is 61.1 Å². The number of fused-ring (bicyclic) bond motifs is 7. The monoisotopic (exact) mass is 1000 g/mol. The van der Waals surface area contributed by atoms with Gasteiger partial charge in [-0.15, -0.1) is 0 Å². The molecular formula is C74H59BN2O. The van der Waals surface area contributed by atoms with E-state index in [-0.39, 0.29) is 17.5 Å². The molecule has 78 heavy (non-hydrogen) atoms. The second kappa shape index (κ2) is 18.3. The van der Waals surface area contributed by atoms with Gasteiger partial charge in [-0.05, 0) is 173 Å². The summed E-state index contributed by atoms with van der Waals surface area (Å²) >= 11 is 0. The van der Waals surface area contributed by atoms with Crippen molar-refractivity contribution < 1.29 is 4.42 Å². The normalized spacial score (nSPS) is 12.9. The predicted molar refractivity (Wildman–Crippen MR) is 332 cm³/mol. The van der Waals surface area contributed by atoms with Gasteiger partial charge in [0.1, 0.15) is 11.2 Å². The molecule has 0 N–H and O–H groups in total. The number of anilines is 6. The van der Waals surface area contributed by atoms with Crippen molar-refractivity contribution >= 4 is 79.2 Å². The maximum Gasteiger partial charge on any atom is 0.252 e. The Kier molecular flexibility index (Phi) is 11.1. The summed E-state index contributed by atoms with van der Waals surface area (Å²) in [5.74, 6) is 0. The quantitative estimate of drug-likeness (QED) is 0.148. The Morgan fingerprint density at radius 3 is 1.10 bits per heavy atom. The largest absolute Gasteiger partial charge is 0.456 e. The van der Waals surface area contributed by atoms with Gasteiger partial charge in [-0.3, -0.25) is 0 Å². The maximum atomic E-state index is 6.48. The van der Waals surface area contributed by atoms with E-state index in [9.17, 15) is 0 Å². The van der Waals surface area contributed by atoms with Gasteiger partial charge in [0, 0.05) is 44.9 Å². The van der Waals surface area contributed by atoms with Gasteiger partial charge in [-0.25, -0.2) is 0 Å². The lowest BCUT2D eigenvalue weighted by atomic mass is 9.33. The Morgan fingerprint density at radius 2 is 0.679 bits per heavy atom. The van der Waals surface area contributed by atoms with E-state index in [2.05, 4.69) is 300 Å². The molecule has 0 saturated carbocycles. The molecule has 2 aliphatic rings. The molecule has 4 heteroatoms. The summed E-state index contributed by atoms with van der Waals surface area (Å²) < 4.78 is 6.48. The summed E-state index contributed by atoms with van der Waals surface area (Å²) in [6.07, 6.45) is 0. The van der Waals surface area contributed by atoms with Crippen LogP contribution in [-0.4, -0.2) is 6.71 Å².